The summed E-state index contributed by atoms with van der Waals surface area (Å²) in [6, 6.07) is 0. The van der Waals surface area contributed by atoms with Crippen LogP contribution in [0.4, 0.5) is 0 Å². The molecule has 1 saturated heterocycles. The highest BCUT2D eigenvalue weighted by atomic mass is 32.2. The van der Waals surface area contributed by atoms with Gasteiger partial charge in [-0.05, 0) is 0 Å². The lowest BCUT2D eigenvalue weighted by Gasteiger charge is -2.08. The number of ether oxygens (including phenoxy) is 4. The molecule has 1 heterocycles. The molecule has 0 aromatic rings. The summed E-state index contributed by atoms with van der Waals surface area (Å²) in [5, 5.41) is 0. The van der Waals surface area contributed by atoms with Crippen LogP contribution < -0.4 is 0 Å². The number of carbonyl (C=O) groups is 4. The number of hydrogen-bond donors (Lipinski definition) is 0. The average molecular weight is 352 g/mol. The first-order valence-corrected chi connectivity index (χ1v) is 8.75. The Morgan fingerprint density at radius 3 is 0.955 bits per heavy atom. The van der Waals surface area contributed by atoms with Gasteiger partial charge in [-0.1, -0.05) is 0 Å². The van der Waals surface area contributed by atoms with Crippen LogP contribution in [0.3, 0.4) is 0 Å². The van der Waals surface area contributed by atoms with E-state index in [0.717, 1.165) is 0 Å². The predicted molar refractivity (Wildman–Crippen MR) is 78.5 cm³/mol. The molecule has 22 heavy (non-hydrogen) atoms. The van der Waals surface area contributed by atoms with Crippen LogP contribution in [0.1, 0.15) is 0 Å². The molecule has 0 unspecified atom stereocenters. The lowest BCUT2D eigenvalue weighted by Crippen LogP contribution is -2.24. The SMILES string of the molecule is O=C1OCCSCCOC(=O)C(=O)OCCSCCOC1=O. The predicted octanol–water partition coefficient (Wildman–Crippen LogP) is -0.361. The highest BCUT2D eigenvalue weighted by Crippen LogP contribution is 2.03. The van der Waals surface area contributed by atoms with Gasteiger partial charge < -0.3 is 18.9 Å². The third kappa shape index (κ3) is 8.13. The van der Waals surface area contributed by atoms with Crippen molar-refractivity contribution < 1.29 is 38.1 Å². The van der Waals surface area contributed by atoms with Crippen molar-refractivity contribution in [2.24, 2.45) is 0 Å². The molecule has 1 rings (SSSR count). The minimum absolute atomic E-state index is 0.0450. The molecular weight excluding hydrogens is 336 g/mol. The van der Waals surface area contributed by atoms with E-state index in [9.17, 15) is 19.2 Å². The minimum Gasteiger partial charge on any atom is -0.456 e. The smallest absolute Gasteiger partial charge is 0.417 e. The second kappa shape index (κ2) is 11.2. The lowest BCUT2D eigenvalue weighted by molar-refractivity contribution is -0.167. The second-order valence-electron chi connectivity index (χ2n) is 3.77. The van der Waals surface area contributed by atoms with Crippen molar-refractivity contribution in [3.63, 3.8) is 0 Å². The van der Waals surface area contributed by atoms with Crippen LogP contribution in [0, 0.1) is 0 Å². The highest BCUT2D eigenvalue weighted by Gasteiger charge is 2.18. The Morgan fingerprint density at radius 2 is 0.727 bits per heavy atom. The Balaban J connectivity index is 2.38. The van der Waals surface area contributed by atoms with Gasteiger partial charge >= 0.3 is 23.9 Å². The molecule has 0 atom stereocenters. The molecule has 8 nitrogen and oxygen atoms in total. The number of cyclic esters (lactones) is 4. The second-order valence-corrected chi connectivity index (χ2v) is 6.22. The van der Waals surface area contributed by atoms with Crippen molar-refractivity contribution in [3.8, 4) is 0 Å². The molecule has 10 heteroatoms. The van der Waals surface area contributed by atoms with Gasteiger partial charge in [-0.25, -0.2) is 19.2 Å². The number of thioether (sulfide) groups is 2. The van der Waals surface area contributed by atoms with Crippen LogP contribution in [-0.2, 0) is 38.1 Å². The number of carbonyl (C=O) groups excluding carboxylic acids is 4. The van der Waals surface area contributed by atoms with E-state index in [2.05, 4.69) is 0 Å². The van der Waals surface area contributed by atoms with Gasteiger partial charge in [-0.2, -0.15) is 23.5 Å². The van der Waals surface area contributed by atoms with E-state index in [1.165, 1.54) is 23.5 Å². The van der Waals surface area contributed by atoms with Crippen LogP contribution in [0.5, 0.6) is 0 Å². The average Bonchev–Trinajstić information content (AvgIpc) is 2.51. The van der Waals surface area contributed by atoms with Crippen molar-refractivity contribution in [2.45, 2.75) is 0 Å². The van der Waals surface area contributed by atoms with Gasteiger partial charge in [0.1, 0.15) is 26.4 Å². The molecular formula is C12H16O8S2. The highest BCUT2D eigenvalue weighted by molar-refractivity contribution is 7.99. The molecule has 1 aliphatic rings. The molecule has 0 radical (unpaired) electrons. The largest absolute Gasteiger partial charge is 0.456 e. The number of hydrogen-bond acceptors (Lipinski definition) is 10. The van der Waals surface area contributed by atoms with Gasteiger partial charge in [0.15, 0.2) is 0 Å². The summed E-state index contributed by atoms with van der Waals surface area (Å²) in [5.74, 6) is -2.38. The van der Waals surface area contributed by atoms with E-state index in [4.69, 9.17) is 18.9 Å². The van der Waals surface area contributed by atoms with Gasteiger partial charge in [0.25, 0.3) is 0 Å². The Bertz CT molecular complexity index is 338. The number of esters is 4. The first-order valence-electron chi connectivity index (χ1n) is 6.44. The fourth-order valence-electron chi connectivity index (χ4n) is 1.21. The van der Waals surface area contributed by atoms with Crippen molar-refractivity contribution in [2.75, 3.05) is 49.4 Å². The van der Waals surface area contributed by atoms with E-state index >= 15 is 0 Å². The zero-order valence-corrected chi connectivity index (χ0v) is 13.4. The third-order valence-corrected chi connectivity index (χ3v) is 4.00. The third-order valence-electron chi connectivity index (χ3n) is 2.18. The summed E-state index contributed by atoms with van der Waals surface area (Å²) in [5.41, 5.74) is 0. The Kier molecular flexibility index (Phi) is 9.47. The lowest BCUT2D eigenvalue weighted by atomic mass is 10.6. The van der Waals surface area contributed by atoms with Crippen LogP contribution in [0.15, 0.2) is 0 Å². The molecule has 0 spiro atoms. The molecule has 0 amide bonds. The maximum absolute atomic E-state index is 11.2. The maximum atomic E-state index is 11.2. The summed E-state index contributed by atoms with van der Waals surface area (Å²) in [6.07, 6.45) is 0. The van der Waals surface area contributed by atoms with Crippen LogP contribution in [-0.4, -0.2) is 73.3 Å². The van der Waals surface area contributed by atoms with E-state index in [0.29, 0.717) is 23.0 Å². The molecule has 1 fully saturated rings. The topological polar surface area (TPSA) is 105 Å². The molecule has 0 aliphatic carbocycles. The summed E-state index contributed by atoms with van der Waals surface area (Å²) in [4.78, 5) is 45.0. The molecule has 1 aliphatic heterocycles. The normalized spacial score (nSPS) is 20.7. The van der Waals surface area contributed by atoms with Gasteiger partial charge in [-0.3, -0.25) is 0 Å². The fraction of sp³-hybridized carbons (Fsp3) is 0.667. The Hall–Kier alpha value is -1.42. The van der Waals surface area contributed by atoms with E-state index in [1.807, 2.05) is 0 Å². The molecule has 0 saturated carbocycles. The van der Waals surface area contributed by atoms with Crippen molar-refractivity contribution in [1.82, 2.24) is 0 Å². The van der Waals surface area contributed by atoms with Crippen LogP contribution in [0.2, 0.25) is 0 Å². The Morgan fingerprint density at radius 1 is 0.500 bits per heavy atom. The van der Waals surface area contributed by atoms with Crippen LogP contribution >= 0.6 is 23.5 Å². The van der Waals surface area contributed by atoms with E-state index < -0.39 is 23.9 Å². The van der Waals surface area contributed by atoms with Crippen molar-refractivity contribution in [1.29, 1.82) is 0 Å². The van der Waals surface area contributed by atoms with E-state index in [-0.39, 0.29) is 26.4 Å². The summed E-state index contributed by atoms with van der Waals surface area (Å²) < 4.78 is 18.9. The molecule has 124 valence electrons. The molecule has 0 bridgehead atoms. The zero-order valence-electron chi connectivity index (χ0n) is 11.7. The summed E-state index contributed by atoms with van der Waals surface area (Å²) in [7, 11) is 0. The Labute approximate surface area is 135 Å². The standard InChI is InChI=1S/C12H16O8S2/c13-9-10(14)18-3-7-22-8-4-20-12(16)11(15)19-2-6-21-5-1-17-9/h1-8H2. The first-order chi connectivity index (χ1) is 10.6. The quantitative estimate of drug-likeness (QED) is 0.326. The van der Waals surface area contributed by atoms with Crippen molar-refractivity contribution >= 4 is 47.4 Å². The number of rotatable bonds is 0. The monoisotopic (exact) mass is 352 g/mol. The van der Waals surface area contributed by atoms with Gasteiger partial charge in [-0.15, -0.1) is 0 Å². The first kappa shape index (κ1) is 18.6. The van der Waals surface area contributed by atoms with Crippen molar-refractivity contribution in [3.05, 3.63) is 0 Å². The van der Waals surface area contributed by atoms with Gasteiger partial charge in [0.2, 0.25) is 0 Å². The minimum atomic E-state index is -1.02. The maximum Gasteiger partial charge on any atom is 0.417 e. The molecule has 0 N–H and O–H groups in total. The summed E-state index contributed by atoms with van der Waals surface area (Å²) >= 11 is 2.68. The van der Waals surface area contributed by atoms with Crippen LogP contribution in [0.25, 0.3) is 0 Å². The summed E-state index contributed by atoms with van der Waals surface area (Å²) in [6.45, 7) is 0.180. The zero-order chi connectivity index (χ0) is 16.2. The van der Waals surface area contributed by atoms with Gasteiger partial charge in [0.05, 0.1) is 0 Å². The fourth-order valence-corrected chi connectivity index (χ4v) is 2.43. The molecule has 0 aromatic carbocycles. The van der Waals surface area contributed by atoms with E-state index in [1.54, 1.807) is 0 Å². The van der Waals surface area contributed by atoms with Gasteiger partial charge in [0, 0.05) is 23.0 Å². The molecule has 0 aromatic heterocycles.